The van der Waals surface area contributed by atoms with E-state index in [2.05, 4.69) is 63.0 Å². The lowest BCUT2D eigenvalue weighted by molar-refractivity contribution is 0.203. The summed E-state index contributed by atoms with van der Waals surface area (Å²) in [6, 6.07) is 20.7. The van der Waals surface area contributed by atoms with E-state index in [1.165, 1.54) is 22.3 Å². The van der Waals surface area contributed by atoms with Crippen molar-refractivity contribution in [3.05, 3.63) is 96.1 Å². The number of hydrogen-bond donors (Lipinski definition) is 1. The topological polar surface area (TPSA) is 30.5 Å². The molecule has 0 spiro atoms. The fraction of sp³-hybridized carbons (Fsp3) is 0.241. The first kappa shape index (κ1) is 20.4. The Morgan fingerprint density at radius 3 is 2.62 bits per heavy atom. The van der Waals surface area contributed by atoms with E-state index in [0.717, 1.165) is 34.7 Å². The third-order valence-corrected chi connectivity index (χ3v) is 6.14. The van der Waals surface area contributed by atoms with Crippen molar-refractivity contribution in [3.8, 4) is 22.6 Å². The molecule has 0 saturated heterocycles. The zero-order chi connectivity index (χ0) is 22.3. The minimum absolute atomic E-state index is 0.0827. The molecule has 0 aromatic heterocycles. The van der Waals surface area contributed by atoms with Crippen molar-refractivity contribution in [2.24, 2.45) is 0 Å². The van der Waals surface area contributed by atoms with Crippen molar-refractivity contribution in [3.63, 3.8) is 0 Å². The largest absolute Gasteiger partial charge is 0.488 e. The van der Waals surface area contributed by atoms with E-state index in [0.29, 0.717) is 6.61 Å². The molecule has 3 aromatic rings. The minimum Gasteiger partial charge on any atom is -0.488 e. The lowest BCUT2D eigenvalue weighted by Crippen LogP contribution is -2.32. The van der Waals surface area contributed by atoms with Crippen LogP contribution in [0.1, 0.15) is 50.0 Å². The average Bonchev–Trinajstić information content (AvgIpc) is 2.77. The van der Waals surface area contributed by atoms with E-state index >= 15 is 0 Å². The van der Waals surface area contributed by atoms with Gasteiger partial charge in [0, 0.05) is 23.2 Å². The number of hydrogen-bond acceptors (Lipinski definition) is 3. The first-order chi connectivity index (χ1) is 15.5. The Bertz CT molecular complexity index is 1210. The van der Waals surface area contributed by atoms with Crippen LogP contribution in [-0.4, -0.2) is 5.54 Å². The van der Waals surface area contributed by atoms with Gasteiger partial charge in [-0.1, -0.05) is 54.6 Å². The van der Waals surface area contributed by atoms with E-state index in [4.69, 9.17) is 9.47 Å². The van der Waals surface area contributed by atoms with Crippen molar-refractivity contribution < 1.29 is 9.47 Å². The van der Waals surface area contributed by atoms with Gasteiger partial charge in [-0.25, -0.2) is 0 Å². The van der Waals surface area contributed by atoms with Crippen molar-refractivity contribution >= 4 is 11.3 Å². The van der Waals surface area contributed by atoms with Crippen molar-refractivity contribution in [2.75, 3.05) is 5.32 Å². The molecule has 3 nitrogen and oxygen atoms in total. The predicted molar refractivity (Wildman–Crippen MR) is 132 cm³/mol. The van der Waals surface area contributed by atoms with Crippen LogP contribution in [0.25, 0.3) is 16.7 Å². The SMILES string of the molecule is C=CCC1Oc2cccc(OCc3ccccc3)c2-c2ccc3c(c21)C(C)=CC(C)(C)N3. The van der Waals surface area contributed by atoms with Gasteiger partial charge in [-0.2, -0.15) is 0 Å². The summed E-state index contributed by atoms with van der Waals surface area (Å²) in [6.45, 7) is 11.1. The summed E-state index contributed by atoms with van der Waals surface area (Å²) >= 11 is 0. The van der Waals surface area contributed by atoms with Crippen molar-refractivity contribution in [1.82, 2.24) is 0 Å². The minimum atomic E-state index is -0.0867. The third-order valence-electron chi connectivity index (χ3n) is 6.14. The van der Waals surface area contributed by atoms with Crippen LogP contribution in [0, 0.1) is 0 Å². The molecule has 0 bridgehead atoms. The lowest BCUT2D eigenvalue weighted by Gasteiger charge is -2.37. The Kier molecular flexibility index (Phi) is 5.05. The van der Waals surface area contributed by atoms with Gasteiger partial charge in [0.1, 0.15) is 24.2 Å². The van der Waals surface area contributed by atoms with E-state index in [-0.39, 0.29) is 11.6 Å². The quantitative estimate of drug-likeness (QED) is 0.430. The van der Waals surface area contributed by atoms with Crippen LogP contribution < -0.4 is 14.8 Å². The van der Waals surface area contributed by atoms with Crippen LogP contribution in [0.15, 0.2) is 79.4 Å². The first-order valence-corrected chi connectivity index (χ1v) is 11.2. The van der Waals surface area contributed by atoms with Gasteiger partial charge in [-0.3, -0.25) is 0 Å². The molecule has 2 heterocycles. The highest BCUT2D eigenvalue weighted by atomic mass is 16.5. The highest BCUT2D eigenvalue weighted by Crippen LogP contribution is 2.52. The van der Waals surface area contributed by atoms with E-state index < -0.39 is 0 Å². The van der Waals surface area contributed by atoms with Crippen LogP contribution in [-0.2, 0) is 6.61 Å². The fourth-order valence-corrected chi connectivity index (χ4v) is 4.96. The monoisotopic (exact) mass is 423 g/mol. The summed E-state index contributed by atoms with van der Waals surface area (Å²) in [7, 11) is 0. The molecule has 1 unspecified atom stereocenters. The lowest BCUT2D eigenvalue weighted by atomic mass is 9.81. The second kappa shape index (κ2) is 7.90. The van der Waals surface area contributed by atoms with Gasteiger partial charge in [0.05, 0.1) is 11.1 Å². The van der Waals surface area contributed by atoms with Crippen LogP contribution in [0.5, 0.6) is 11.5 Å². The molecule has 3 aromatic carbocycles. The number of anilines is 1. The molecule has 3 heteroatoms. The summed E-state index contributed by atoms with van der Waals surface area (Å²) < 4.78 is 12.9. The highest BCUT2D eigenvalue weighted by Gasteiger charge is 2.34. The number of benzene rings is 3. The summed E-state index contributed by atoms with van der Waals surface area (Å²) in [5, 5.41) is 3.68. The molecule has 1 atom stereocenters. The molecule has 2 aliphatic rings. The molecule has 162 valence electrons. The Balaban J connectivity index is 1.64. The maximum atomic E-state index is 6.55. The van der Waals surface area contributed by atoms with Gasteiger partial charge < -0.3 is 14.8 Å². The van der Waals surface area contributed by atoms with Gasteiger partial charge >= 0.3 is 0 Å². The molecule has 2 aliphatic heterocycles. The summed E-state index contributed by atoms with van der Waals surface area (Å²) in [5.74, 6) is 1.70. The molecule has 5 rings (SSSR count). The maximum absolute atomic E-state index is 6.55. The molecule has 0 aliphatic carbocycles. The van der Waals surface area contributed by atoms with Crippen LogP contribution in [0.3, 0.4) is 0 Å². The van der Waals surface area contributed by atoms with Gasteiger partial charge in [-0.15, -0.1) is 6.58 Å². The van der Waals surface area contributed by atoms with Crippen LogP contribution in [0.4, 0.5) is 5.69 Å². The first-order valence-electron chi connectivity index (χ1n) is 11.2. The number of allylic oxidation sites excluding steroid dienone is 1. The third kappa shape index (κ3) is 3.58. The van der Waals surface area contributed by atoms with E-state index in [1.807, 2.05) is 42.5 Å². The Labute approximate surface area is 190 Å². The van der Waals surface area contributed by atoms with Gasteiger partial charge in [0.2, 0.25) is 0 Å². The molecule has 1 N–H and O–H groups in total. The zero-order valence-electron chi connectivity index (χ0n) is 18.9. The second-order valence-electron chi connectivity index (χ2n) is 9.16. The smallest absolute Gasteiger partial charge is 0.131 e. The predicted octanol–water partition coefficient (Wildman–Crippen LogP) is 7.55. The average molecular weight is 424 g/mol. The summed E-state index contributed by atoms with van der Waals surface area (Å²) in [6.07, 6.45) is 4.90. The number of fused-ring (bicyclic) bond motifs is 5. The van der Waals surface area contributed by atoms with E-state index in [1.54, 1.807) is 0 Å². The van der Waals surface area contributed by atoms with Crippen molar-refractivity contribution in [2.45, 2.75) is 45.4 Å². The standard InChI is InChI=1S/C29H29NO2/c1-5-10-24-28-21(15-16-22-26(28)19(2)17-29(3,4)30-22)27-23(13-9-14-25(27)32-24)31-18-20-11-7-6-8-12-20/h5-9,11-17,24,30H,1,10,18H2,2-4H3. The molecule has 0 amide bonds. The summed E-state index contributed by atoms with van der Waals surface area (Å²) in [4.78, 5) is 0. The maximum Gasteiger partial charge on any atom is 0.131 e. The summed E-state index contributed by atoms with van der Waals surface area (Å²) in [5.41, 5.74) is 8.12. The van der Waals surface area contributed by atoms with Crippen LogP contribution in [0.2, 0.25) is 0 Å². The van der Waals surface area contributed by atoms with Gasteiger partial charge in [-0.05, 0) is 55.7 Å². The highest BCUT2D eigenvalue weighted by molar-refractivity contribution is 5.91. The normalized spacial score (nSPS) is 17.6. The van der Waals surface area contributed by atoms with Crippen molar-refractivity contribution in [1.29, 1.82) is 0 Å². The zero-order valence-corrected chi connectivity index (χ0v) is 18.9. The van der Waals surface area contributed by atoms with E-state index in [9.17, 15) is 0 Å². The Hall–Kier alpha value is -3.46. The number of rotatable bonds is 5. The fourth-order valence-electron chi connectivity index (χ4n) is 4.96. The molecular weight excluding hydrogens is 394 g/mol. The van der Waals surface area contributed by atoms with Gasteiger partial charge in [0.25, 0.3) is 0 Å². The van der Waals surface area contributed by atoms with Crippen LogP contribution >= 0.6 is 0 Å². The molecule has 32 heavy (non-hydrogen) atoms. The molecule has 0 fully saturated rings. The molecular formula is C29H29NO2. The second-order valence-corrected chi connectivity index (χ2v) is 9.16. The molecule has 0 radical (unpaired) electrons. The Morgan fingerprint density at radius 1 is 1.03 bits per heavy atom. The number of nitrogens with one attached hydrogen (secondary N) is 1. The molecule has 0 saturated carbocycles. The Morgan fingerprint density at radius 2 is 1.84 bits per heavy atom. The number of ether oxygens (including phenoxy) is 2. The van der Waals surface area contributed by atoms with Gasteiger partial charge in [0.15, 0.2) is 0 Å².